The second-order valence-electron chi connectivity index (χ2n) is 7.72. The molecular formula is C20H29ClN6O2. The van der Waals surface area contributed by atoms with E-state index in [1.807, 2.05) is 58.2 Å². The molecule has 2 amide bonds. The lowest BCUT2D eigenvalue weighted by Gasteiger charge is -2.24. The van der Waals surface area contributed by atoms with Crippen molar-refractivity contribution < 1.29 is 9.59 Å². The van der Waals surface area contributed by atoms with Gasteiger partial charge in [-0.2, -0.15) is 0 Å². The van der Waals surface area contributed by atoms with Gasteiger partial charge < -0.3 is 16.0 Å². The van der Waals surface area contributed by atoms with Crippen LogP contribution in [0.5, 0.6) is 0 Å². The predicted molar refractivity (Wildman–Crippen MR) is 113 cm³/mol. The number of nitrogens with one attached hydrogen (secondary N) is 3. The van der Waals surface area contributed by atoms with Crippen LogP contribution in [0.3, 0.4) is 0 Å². The van der Waals surface area contributed by atoms with Gasteiger partial charge in [-0.25, -0.2) is 4.68 Å². The van der Waals surface area contributed by atoms with Gasteiger partial charge in [-0.1, -0.05) is 23.4 Å². The second-order valence-corrected chi connectivity index (χ2v) is 7.72. The first-order valence-corrected chi connectivity index (χ1v) is 9.63. The topological polar surface area (TPSA) is 101 Å². The van der Waals surface area contributed by atoms with Gasteiger partial charge in [0.15, 0.2) is 0 Å². The molecule has 29 heavy (non-hydrogen) atoms. The van der Waals surface area contributed by atoms with Crippen molar-refractivity contribution >= 4 is 24.2 Å². The normalized spacial score (nSPS) is 18.8. The number of hydrogen-bond donors (Lipinski definition) is 3. The smallest absolute Gasteiger partial charge is 0.252 e. The second kappa shape index (κ2) is 9.37. The van der Waals surface area contributed by atoms with E-state index < -0.39 is 5.54 Å². The van der Waals surface area contributed by atoms with Crippen LogP contribution in [0.2, 0.25) is 0 Å². The molecule has 1 saturated heterocycles. The third kappa shape index (κ3) is 5.13. The maximum atomic E-state index is 12.7. The standard InChI is InChI=1S/C20H28N6O2.ClH/c1-5-21-19(28)16-10-14(11-22-16)26-12-17(24-25-26)20(3,4)23-18(27)15-9-7-6-8-13(15)2;/h6-9,12,14,16,22H,5,10-11H2,1-4H3,(H,21,28)(H,23,27);1H/t14-,16-;/m0./s1. The van der Waals surface area contributed by atoms with Gasteiger partial charge in [0.2, 0.25) is 5.91 Å². The molecule has 2 heterocycles. The number of aromatic nitrogens is 3. The minimum absolute atomic E-state index is 0. The van der Waals surface area contributed by atoms with E-state index in [4.69, 9.17) is 0 Å². The maximum absolute atomic E-state index is 12.7. The number of carbonyl (C=O) groups excluding carboxylic acids is 2. The lowest BCUT2D eigenvalue weighted by Crippen LogP contribution is -2.41. The molecule has 8 nitrogen and oxygen atoms in total. The molecular weight excluding hydrogens is 392 g/mol. The summed E-state index contributed by atoms with van der Waals surface area (Å²) >= 11 is 0. The number of carbonyl (C=O) groups is 2. The number of aryl methyl sites for hydroxylation is 1. The van der Waals surface area contributed by atoms with Gasteiger partial charge in [0.05, 0.1) is 23.8 Å². The van der Waals surface area contributed by atoms with Gasteiger partial charge in [-0.15, -0.1) is 17.5 Å². The number of halogens is 1. The number of benzene rings is 1. The molecule has 1 fully saturated rings. The fraction of sp³-hybridized carbons (Fsp3) is 0.500. The average Bonchev–Trinajstić information content (AvgIpc) is 3.31. The Hall–Kier alpha value is -2.45. The highest BCUT2D eigenvalue weighted by Gasteiger charge is 2.33. The van der Waals surface area contributed by atoms with Gasteiger partial charge in [-0.05, 0) is 45.7 Å². The summed E-state index contributed by atoms with van der Waals surface area (Å²) in [5.41, 5.74) is 1.57. The highest BCUT2D eigenvalue weighted by atomic mass is 35.5. The van der Waals surface area contributed by atoms with E-state index in [-0.39, 0.29) is 36.3 Å². The van der Waals surface area contributed by atoms with Crippen molar-refractivity contribution in [2.24, 2.45) is 0 Å². The van der Waals surface area contributed by atoms with Gasteiger partial charge in [-0.3, -0.25) is 9.59 Å². The van der Waals surface area contributed by atoms with Crippen LogP contribution in [0.1, 0.15) is 54.8 Å². The summed E-state index contributed by atoms with van der Waals surface area (Å²) in [6, 6.07) is 7.32. The molecule has 1 aliphatic heterocycles. The lowest BCUT2D eigenvalue weighted by molar-refractivity contribution is -0.122. The van der Waals surface area contributed by atoms with E-state index in [1.165, 1.54) is 0 Å². The van der Waals surface area contributed by atoms with Crippen molar-refractivity contribution in [1.82, 2.24) is 30.9 Å². The molecule has 158 valence electrons. The van der Waals surface area contributed by atoms with E-state index >= 15 is 0 Å². The molecule has 1 aromatic carbocycles. The van der Waals surface area contributed by atoms with E-state index in [0.717, 1.165) is 5.56 Å². The van der Waals surface area contributed by atoms with E-state index in [1.54, 1.807) is 4.68 Å². The monoisotopic (exact) mass is 420 g/mol. The van der Waals surface area contributed by atoms with Crippen LogP contribution in [-0.2, 0) is 10.3 Å². The zero-order chi connectivity index (χ0) is 20.3. The van der Waals surface area contributed by atoms with Crippen LogP contribution in [0, 0.1) is 6.92 Å². The summed E-state index contributed by atoms with van der Waals surface area (Å²) in [5, 5.41) is 17.6. The van der Waals surface area contributed by atoms with Gasteiger partial charge >= 0.3 is 0 Å². The molecule has 9 heteroatoms. The fourth-order valence-electron chi connectivity index (χ4n) is 3.40. The van der Waals surface area contributed by atoms with Crippen LogP contribution in [0.4, 0.5) is 0 Å². The zero-order valence-electron chi connectivity index (χ0n) is 17.2. The van der Waals surface area contributed by atoms with Crippen molar-refractivity contribution in [2.45, 2.75) is 51.7 Å². The van der Waals surface area contributed by atoms with Crippen LogP contribution in [0.15, 0.2) is 30.5 Å². The Morgan fingerprint density at radius 2 is 2.03 bits per heavy atom. The summed E-state index contributed by atoms with van der Waals surface area (Å²) in [5.74, 6) is -0.132. The van der Waals surface area contributed by atoms with E-state index in [2.05, 4.69) is 26.3 Å². The molecule has 0 unspecified atom stereocenters. The lowest BCUT2D eigenvalue weighted by atomic mass is 9.99. The minimum atomic E-state index is -0.678. The Morgan fingerprint density at radius 1 is 1.31 bits per heavy atom. The Morgan fingerprint density at radius 3 is 2.72 bits per heavy atom. The molecule has 2 atom stereocenters. The van der Waals surface area contributed by atoms with E-state index in [0.29, 0.717) is 30.8 Å². The molecule has 2 aromatic rings. The average molecular weight is 421 g/mol. The molecule has 3 rings (SSSR count). The number of amides is 2. The van der Waals surface area contributed by atoms with Crippen molar-refractivity contribution in [2.75, 3.05) is 13.1 Å². The molecule has 0 aliphatic carbocycles. The Balaban J connectivity index is 0.00000300. The van der Waals surface area contributed by atoms with Gasteiger partial charge in [0.25, 0.3) is 5.91 Å². The minimum Gasteiger partial charge on any atom is -0.355 e. The first kappa shape index (κ1) is 22.8. The van der Waals surface area contributed by atoms with Crippen molar-refractivity contribution in [1.29, 1.82) is 0 Å². The number of rotatable bonds is 6. The van der Waals surface area contributed by atoms with Crippen molar-refractivity contribution in [3.8, 4) is 0 Å². The first-order chi connectivity index (χ1) is 13.3. The Kier molecular flexibility index (Phi) is 7.37. The quantitative estimate of drug-likeness (QED) is 0.660. The molecule has 1 aromatic heterocycles. The summed E-state index contributed by atoms with van der Waals surface area (Å²) < 4.78 is 1.78. The SMILES string of the molecule is CCNC(=O)[C@@H]1C[C@H](n2cc(C(C)(C)NC(=O)c3ccccc3C)nn2)CN1.Cl. The third-order valence-electron chi connectivity index (χ3n) is 5.12. The van der Waals surface area contributed by atoms with Crippen molar-refractivity contribution in [3.05, 3.63) is 47.3 Å². The third-order valence-corrected chi connectivity index (χ3v) is 5.12. The summed E-state index contributed by atoms with van der Waals surface area (Å²) in [6.45, 7) is 8.89. The van der Waals surface area contributed by atoms with Crippen LogP contribution in [-0.4, -0.2) is 45.9 Å². The van der Waals surface area contributed by atoms with Crippen LogP contribution in [0.25, 0.3) is 0 Å². The molecule has 1 aliphatic rings. The molecule has 0 spiro atoms. The van der Waals surface area contributed by atoms with Crippen LogP contribution >= 0.6 is 12.4 Å². The largest absolute Gasteiger partial charge is 0.355 e. The molecule has 3 N–H and O–H groups in total. The zero-order valence-corrected chi connectivity index (χ0v) is 18.0. The van der Waals surface area contributed by atoms with Crippen molar-refractivity contribution in [3.63, 3.8) is 0 Å². The number of hydrogen-bond acceptors (Lipinski definition) is 5. The fourth-order valence-corrected chi connectivity index (χ4v) is 3.40. The van der Waals surface area contributed by atoms with E-state index in [9.17, 15) is 9.59 Å². The van der Waals surface area contributed by atoms with Crippen LogP contribution < -0.4 is 16.0 Å². The Labute approximate surface area is 177 Å². The first-order valence-electron chi connectivity index (χ1n) is 9.63. The van der Waals surface area contributed by atoms with Gasteiger partial charge in [0.1, 0.15) is 5.69 Å². The summed E-state index contributed by atoms with van der Waals surface area (Å²) in [7, 11) is 0. The Bertz CT molecular complexity index is 866. The molecule has 0 saturated carbocycles. The summed E-state index contributed by atoms with van der Waals surface area (Å²) in [6.07, 6.45) is 2.51. The molecule has 0 radical (unpaired) electrons. The maximum Gasteiger partial charge on any atom is 0.252 e. The summed E-state index contributed by atoms with van der Waals surface area (Å²) in [4.78, 5) is 24.7. The predicted octanol–water partition coefficient (Wildman–Crippen LogP) is 1.71. The number of likely N-dealkylation sites (N-methyl/N-ethyl adjacent to an activating group) is 1. The molecule has 0 bridgehead atoms. The highest BCUT2D eigenvalue weighted by molar-refractivity contribution is 5.96. The highest BCUT2D eigenvalue weighted by Crippen LogP contribution is 2.23. The number of nitrogens with zero attached hydrogens (tertiary/aromatic N) is 3. The van der Waals surface area contributed by atoms with Gasteiger partial charge in [0, 0.05) is 18.7 Å².